The molecular weight excluding hydrogens is 348 g/mol. The van der Waals surface area contributed by atoms with E-state index >= 15 is 0 Å². The van der Waals surface area contributed by atoms with E-state index in [0.29, 0.717) is 6.04 Å². The number of nitrogens with one attached hydrogen (secondary N) is 1. The van der Waals surface area contributed by atoms with E-state index in [1.807, 2.05) is 6.08 Å². The van der Waals surface area contributed by atoms with Crippen LogP contribution < -0.4 is 5.32 Å². The van der Waals surface area contributed by atoms with Gasteiger partial charge in [-0.25, -0.2) is 4.79 Å². The molecule has 0 radical (unpaired) electrons. The van der Waals surface area contributed by atoms with Gasteiger partial charge in [-0.15, -0.1) is 0 Å². The van der Waals surface area contributed by atoms with E-state index in [-0.39, 0.29) is 5.97 Å². The van der Waals surface area contributed by atoms with E-state index in [9.17, 15) is 4.79 Å². The van der Waals surface area contributed by atoms with Crippen molar-refractivity contribution in [2.45, 2.75) is 32.4 Å². The third kappa shape index (κ3) is 3.73. The first kappa shape index (κ1) is 18.5. The van der Waals surface area contributed by atoms with Crippen molar-refractivity contribution in [2.24, 2.45) is 0 Å². The lowest BCUT2D eigenvalue weighted by Gasteiger charge is -2.15. The number of carbonyl (C=O) groups is 1. The average Bonchev–Trinajstić information content (AvgIpc) is 3.27. The summed E-state index contributed by atoms with van der Waals surface area (Å²) >= 11 is 0. The lowest BCUT2D eigenvalue weighted by molar-refractivity contribution is -0.134. The normalized spacial score (nSPS) is 16.0. The third-order valence-corrected chi connectivity index (χ3v) is 5.59. The molecule has 1 aromatic heterocycles. The first-order valence-corrected chi connectivity index (χ1v) is 9.82. The Hall–Kier alpha value is -2.85. The summed E-state index contributed by atoms with van der Waals surface area (Å²) in [6, 6.07) is 15.4. The zero-order chi connectivity index (χ0) is 19.5. The van der Waals surface area contributed by atoms with Crippen molar-refractivity contribution in [1.82, 2.24) is 9.88 Å². The molecule has 0 amide bonds. The topological polar surface area (TPSA) is 43.3 Å². The summed E-state index contributed by atoms with van der Waals surface area (Å²) in [7, 11) is 1.39. The maximum atomic E-state index is 11.3. The molecule has 0 spiro atoms. The van der Waals surface area contributed by atoms with Crippen LogP contribution in [-0.2, 0) is 22.5 Å². The highest BCUT2D eigenvalue weighted by molar-refractivity contribution is 5.87. The van der Waals surface area contributed by atoms with Gasteiger partial charge in [-0.3, -0.25) is 0 Å². The molecule has 1 heterocycles. The van der Waals surface area contributed by atoms with Gasteiger partial charge in [0.25, 0.3) is 0 Å². The number of ether oxygens (including phenoxy) is 1. The summed E-state index contributed by atoms with van der Waals surface area (Å²) in [6.07, 6.45) is 7.71. The Labute approximate surface area is 165 Å². The van der Waals surface area contributed by atoms with Gasteiger partial charge in [0.1, 0.15) is 0 Å². The van der Waals surface area contributed by atoms with Crippen LogP contribution in [0.15, 0.2) is 54.7 Å². The van der Waals surface area contributed by atoms with Crippen LogP contribution in [0.1, 0.15) is 34.7 Å². The van der Waals surface area contributed by atoms with Gasteiger partial charge in [0.15, 0.2) is 0 Å². The van der Waals surface area contributed by atoms with E-state index in [0.717, 1.165) is 31.5 Å². The number of aryl methyl sites for hydroxylation is 2. The summed E-state index contributed by atoms with van der Waals surface area (Å²) in [5.41, 5.74) is 6.42. The van der Waals surface area contributed by atoms with Crippen molar-refractivity contribution in [3.05, 3.63) is 77.0 Å². The number of esters is 1. The van der Waals surface area contributed by atoms with Crippen molar-refractivity contribution in [3.8, 4) is 0 Å². The average molecular weight is 374 g/mol. The van der Waals surface area contributed by atoms with E-state index in [1.54, 1.807) is 0 Å². The standard InChI is InChI=1S/C24H26N2O2/c1-17-16-26(23-6-4-3-5-20(17)23)14-13-25-22-11-9-19-15-18(7-10-21(19)22)8-12-24(27)28-2/h3-8,10,12,15-16,22,25H,9,11,13-14H2,1-2H3/b12-8+. The number of hydrogen-bond acceptors (Lipinski definition) is 3. The molecule has 1 aliphatic carbocycles. The number of fused-ring (bicyclic) bond motifs is 2. The molecule has 4 rings (SSSR count). The Balaban J connectivity index is 1.40. The molecule has 0 aliphatic heterocycles. The zero-order valence-corrected chi connectivity index (χ0v) is 16.4. The van der Waals surface area contributed by atoms with Crippen LogP contribution in [0.3, 0.4) is 0 Å². The minimum absolute atomic E-state index is 0.326. The van der Waals surface area contributed by atoms with Crippen molar-refractivity contribution in [1.29, 1.82) is 0 Å². The first-order valence-electron chi connectivity index (χ1n) is 9.82. The number of hydrogen-bond donors (Lipinski definition) is 1. The monoisotopic (exact) mass is 374 g/mol. The third-order valence-electron chi connectivity index (χ3n) is 5.59. The molecule has 0 bridgehead atoms. The van der Waals surface area contributed by atoms with Gasteiger partial charge in [0.2, 0.25) is 0 Å². The minimum Gasteiger partial charge on any atom is -0.466 e. The van der Waals surface area contributed by atoms with Crippen LogP contribution in [0.4, 0.5) is 0 Å². The number of para-hydroxylation sites is 1. The largest absolute Gasteiger partial charge is 0.466 e. The Morgan fingerprint density at radius 2 is 2.14 bits per heavy atom. The fourth-order valence-corrected chi connectivity index (χ4v) is 4.16. The Morgan fingerprint density at radius 3 is 3.00 bits per heavy atom. The first-order chi connectivity index (χ1) is 13.7. The zero-order valence-electron chi connectivity index (χ0n) is 16.4. The van der Waals surface area contributed by atoms with Gasteiger partial charge < -0.3 is 14.6 Å². The molecule has 1 unspecified atom stereocenters. The predicted molar refractivity (Wildman–Crippen MR) is 113 cm³/mol. The molecule has 2 aromatic carbocycles. The molecule has 1 aliphatic rings. The predicted octanol–water partition coefficient (Wildman–Crippen LogP) is 4.41. The maximum Gasteiger partial charge on any atom is 0.330 e. The Bertz CT molecular complexity index is 1030. The van der Waals surface area contributed by atoms with Crippen LogP contribution in [0.25, 0.3) is 17.0 Å². The second kappa shape index (κ2) is 8.03. The van der Waals surface area contributed by atoms with Gasteiger partial charge in [0.05, 0.1) is 7.11 Å². The summed E-state index contributed by atoms with van der Waals surface area (Å²) in [4.78, 5) is 11.3. The number of nitrogens with zero attached hydrogens (tertiary/aromatic N) is 1. The molecule has 1 N–H and O–H groups in total. The van der Waals surface area contributed by atoms with Crippen LogP contribution in [0.5, 0.6) is 0 Å². The van der Waals surface area contributed by atoms with Crippen LogP contribution in [0, 0.1) is 6.92 Å². The molecule has 0 saturated heterocycles. The van der Waals surface area contributed by atoms with Crippen LogP contribution >= 0.6 is 0 Å². The Morgan fingerprint density at radius 1 is 1.29 bits per heavy atom. The lowest BCUT2D eigenvalue weighted by Crippen LogP contribution is -2.23. The summed E-state index contributed by atoms with van der Waals surface area (Å²) in [5, 5.41) is 5.06. The van der Waals surface area contributed by atoms with E-state index in [2.05, 4.69) is 70.2 Å². The van der Waals surface area contributed by atoms with Crippen LogP contribution in [0.2, 0.25) is 0 Å². The number of rotatable bonds is 6. The molecule has 3 aromatic rings. The molecule has 28 heavy (non-hydrogen) atoms. The Kier molecular flexibility index (Phi) is 5.31. The molecular formula is C24H26N2O2. The highest BCUT2D eigenvalue weighted by Crippen LogP contribution is 2.32. The van der Waals surface area contributed by atoms with E-state index in [4.69, 9.17) is 0 Å². The number of aromatic nitrogens is 1. The van der Waals surface area contributed by atoms with Gasteiger partial charge in [0, 0.05) is 42.3 Å². The van der Waals surface area contributed by atoms with E-state index in [1.165, 1.54) is 40.8 Å². The minimum atomic E-state index is -0.326. The lowest BCUT2D eigenvalue weighted by atomic mass is 10.0. The molecule has 4 nitrogen and oxygen atoms in total. The van der Waals surface area contributed by atoms with Gasteiger partial charge in [-0.2, -0.15) is 0 Å². The molecule has 144 valence electrons. The summed E-state index contributed by atoms with van der Waals surface area (Å²) < 4.78 is 6.99. The summed E-state index contributed by atoms with van der Waals surface area (Å²) in [6.45, 7) is 4.07. The highest BCUT2D eigenvalue weighted by atomic mass is 16.5. The number of benzene rings is 2. The van der Waals surface area contributed by atoms with Crippen molar-refractivity contribution >= 4 is 22.9 Å². The summed E-state index contributed by atoms with van der Waals surface area (Å²) in [5.74, 6) is -0.326. The van der Waals surface area contributed by atoms with E-state index < -0.39 is 0 Å². The second-order valence-electron chi connectivity index (χ2n) is 7.38. The molecule has 0 fully saturated rings. The van der Waals surface area contributed by atoms with Gasteiger partial charge in [-0.1, -0.05) is 36.4 Å². The number of methoxy groups -OCH3 is 1. The van der Waals surface area contributed by atoms with Crippen LogP contribution in [-0.4, -0.2) is 24.2 Å². The number of carbonyl (C=O) groups excluding carboxylic acids is 1. The molecule has 4 heteroatoms. The fraction of sp³-hybridized carbons (Fsp3) is 0.292. The fourth-order valence-electron chi connectivity index (χ4n) is 4.16. The highest BCUT2D eigenvalue weighted by Gasteiger charge is 2.21. The molecule has 0 saturated carbocycles. The maximum absolute atomic E-state index is 11.3. The SMILES string of the molecule is COC(=O)/C=C/c1ccc2c(c1)CCC2NCCn1cc(C)c2ccccc21. The molecule has 1 atom stereocenters. The second-order valence-corrected chi connectivity index (χ2v) is 7.38. The smallest absolute Gasteiger partial charge is 0.330 e. The van der Waals surface area contributed by atoms with Crippen molar-refractivity contribution < 1.29 is 9.53 Å². The van der Waals surface area contributed by atoms with Gasteiger partial charge in [-0.05, 0) is 54.2 Å². The van der Waals surface area contributed by atoms with Crippen molar-refractivity contribution in [2.75, 3.05) is 13.7 Å². The quantitative estimate of drug-likeness (QED) is 0.513. The van der Waals surface area contributed by atoms with Gasteiger partial charge >= 0.3 is 5.97 Å². The van der Waals surface area contributed by atoms with Crippen molar-refractivity contribution in [3.63, 3.8) is 0 Å².